The summed E-state index contributed by atoms with van der Waals surface area (Å²) in [4.78, 5) is 0. The molecule has 1 aliphatic carbocycles. The zero-order chi connectivity index (χ0) is 14.5. The van der Waals surface area contributed by atoms with Crippen LogP contribution in [0.3, 0.4) is 0 Å². The van der Waals surface area contributed by atoms with Crippen LogP contribution in [0.4, 0.5) is 0 Å². The average molecular weight is 286 g/mol. The van der Waals surface area contributed by atoms with Crippen LogP contribution < -0.4 is 4.74 Å². The molecule has 112 valence electrons. The SMILES string of the molecule is OCC#Cc1ccccc1OCC1CCC2(CCCC2)O1. The minimum atomic E-state index is -0.136. The van der Waals surface area contributed by atoms with E-state index < -0.39 is 0 Å². The molecule has 1 aliphatic heterocycles. The third-order valence-electron chi connectivity index (χ3n) is 4.47. The van der Waals surface area contributed by atoms with Crippen molar-refractivity contribution in [3.8, 4) is 17.6 Å². The molecule has 0 radical (unpaired) electrons. The van der Waals surface area contributed by atoms with Gasteiger partial charge in [0.05, 0.1) is 17.3 Å². The second-order valence-corrected chi connectivity index (χ2v) is 5.94. The summed E-state index contributed by atoms with van der Waals surface area (Å²) >= 11 is 0. The maximum absolute atomic E-state index is 8.80. The molecule has 1 unspecified atom stereocenters. The fourth-order valence-electron chi connectivity index (χ4n) is 3.41. The number of para-hydroxylation sites is 1. The summed E-state index contributed by atoms with van der Waals surface area (Å²) in [6.45, 7) is 0.447. The van der Waals surface area contributed by atoms with Crippen molar-refractivity contribution in [3.63, 3.8) is 0 Å². The van der Waals surface area contributed by atoms with Crippen LogP contribution in [0.25, 0.3) is 0 Å². The lowest BCUT2D eigenvalue weighted by molar-refractivity contribution is -0.0509. The van der Waals surface area contributed by atoms with Crippen LogP contribution in [-0.2, 0) is 4.74 Å². The molecule has 1 aromatic carbocycles. The maximum atomic E-state index is 8.80. The van der Waals surface area contributed by atoms with Crippen molar-refractivity contribution in [2.24, 2.45) is 0 Å². The van der Waals surface area contributed by atoms with Gasteiger partial charge in [0.1, 0.15) is 19.0 Å². The Morgan fingerprint density at radius 1 is 1.24 bits per heavy atom. The van der Waals surface area contributed by atoms with Gasteiger partial charge >= 0.3 is 0 Å². The van der Waals surface area contributed by atoms with E-state index >= 15 is 0 Å². The van der Waals surface area contributed by atoms with Gasteiger partial charge in [0.2, 0.25) is 0 Å². The molecule has 1 aromatic rings. The van der Waals surface area contributed by atoms with Crippen molar-refractivity contribution >= 4 is 0 Å². The molecule has 1 saturated carbocycles. The first-order valence-electron chi connectivity index (χ1n) is 7.81. The Labute approximate surface area is 126 Å². The van der Waals surface area contributed by atoms with Crippen molar-refractivity contribution in [1.29, 1.82) is 0 Å². The predicted octanol–water partition coefficient (Wildman–Crippen LogP) is 2.90. The molecule has 0 bridgehead atoms. The van der Waals surface area contributed by atoms with E-state index in [-0.39, 0.29) is 18.3 Å². The van der Waals surface area contributed by atoms with Crippen molar-refractivity contribution in [2.45, 2.75) is 50.2 Å². The molecule has 3 nitrogen and oxygen atoms in total. The molecule has 1 spiro atoms. The quantitative estimate of drug-likeness (QED) is 0.868. The summed E-state index contributed by atoms with van der Waals surface area (Å²) < 4.78 is 12.2. The number of benzene rings is 1. The summed E-state index contributed by atoms with van der Waals surface area (Å²) in [6.07, 6.45) is 7.48. The summed E-state index contributed by atoms with van der Waals surface area (Å²) in [7, 11) is 0. The molecule has 2 fully saturated rings. The minimum absolute atomic E-state index is 0.136. The maximum Gasteiger partial charge on any atom is 0.135 e. The fraction of sp³-hybridized carbons (Fsp3) is 0.556. The molecule has 3 rings (SSSR count). The zero-order valence-electron chi connectivity index (χ0n) is 12.3. The number of aliphatic hydroxyl groups is 1. The van der Waals surface area contributed by atoms with E-state index in [0.717, 1.165) is 17.7 Å². The highest BCUT2D eigenvalue weighted by Gasteiger charge is 2.42. The van der Waals surface area contributed by atoms with Gasteiger partial charge < -0.3 is 14.6 Å². The van der Waals surface area contributed by atoms with E-state index in [1.165, 1.54) is 32.1 Å². The van der Waals surface area contributed by atoms with Gasteiger partial charge in [-0.15, -0.1) is 0 Å². The van der Waals surface area contributed by atoms with Gasteiger partial charge in [-0.05, 0) is 37.8 Å². The molecule has 2 aliphatic rings. The van der Waals surface area contributed by atoms with E-state index in [1.807, 2.05) is 24.3 Å². The Kier molecular flexibility index (Phi) is 4.48. The van der Waals surface area contributed by atoms with Crippen molar-refractivity contribution in [3.05, 3.63) is 29.8 Å². The monoisotopic (exact) mass is 286 g/mol. The zero-order valence-corrected chi connectivity index (χ0v) is 12.3. The predicted molar refractivity (Wildman–Crippen MR) is 81.2 cm³/mol. The topological polar surface area (TPSA) is 38.7 Å². The molecule has 21 heavy (non-hydrogen) atoms. The second-order valence-electron chi connectivity index (χ2n) is 5.94. The van der Waals surface area contributed by atoms with Crippen molar-refractivity contribution in [2.75, 3.05) is 13.2 Å². The van der Waals surface area contributed by atoms with E-state index in [0.29, 0.717) is 6.61 Å². The second kappa shape index (κ2) is 6.51. The number of hydrogen-bond acceptors (Lipinski definition) is 3. The van der Waals surface area contributed by atoms with Gasteiger partial charge in [-0.2, -0.15) is 0 Å². The van der Waals surface area contributed by atoms with Crippen LogP contribution in [-0.4, -0.2) is 30.0 Å². The Morgan fingerprint density at radius 3 is 2.86 bits per heavy atom. The first-order chi connectivity index (χ1) is 10.3. The molecular formula is C18H22O3. The number of aliphatic hydroxyl groups excluding tert-OH is 1. The number of rotatable bonds is 3. The van der Waals surface area contributed by atoms with Gasteiger partial charge in [0.15, 0.2) is 0 Å². The highest BCUT2D eigenvalue weighted by atomic mass is 16.6. The molecule has 0 amide bonds. The first-order valence-corrected chi connectivity index (χ1v) is 7.81. The van der Waals surface area contributed by atoms with E-state index in [9.17, 15) is 0 Å². The Morgan fingerprint density at radius 2 is 2.05 bits per heavy atom. The van der Waals surface area contributed by atoms with Crippen LogP contribution in [0.2, 0.25) is 0 Å². The van der Waals surface area contributed by atoms with Crippen LogP contribution in [0, 0.1) is 11.8 Å². The van der Waals surface area contributed by atoms with Crippen LogP contribution in [0.5, 0.6) is 5.75 Å². The Balaban J connectivity index is 1.58. The molecule has 0 aromatic heterocycles. The molecule has 1 N–H and O–H groups in total. The van der Waals surface area contributed by atoms with Gasteiger partial charge in [0, 0.05) is 0 Å². The summed E-state index contributed by atoms with van der Waals surface area (Å²) in [5.41, 5.74) is 0.977. The molecule has 1 saturated heterocycles. The number of hydrogen-bond donors (Lipinski definition) is 1. The lowest BCUT2D eigenvalue weighted by Gasteiger charge is -2.23. The highest BCUT2D eigenvalue weighted by molar-refractivity contribution is 5.45. The van der Waals surface area contributed by atoms with Gasteiger partial charge in [-0.25, -0.2) is 0 Å². The summed E-state index contributed by atoms with van der Waals surface area (Å²) in [6, 6.07) is 7.69. The van der Waals surface area contributed by atoms with Gasteiger partial charge in [0.25, 0.3) is 0 Å². The largest absolute Gasteiger partial charge is 0.490 e. The molecule has 1 atom stereocenters. The smallest absolute Gasteiger partial charge is 0.135 e. The minimum Gasteiger partial charge on any atom is -0.490 e. The normalized spacial score (nSPS) is 23.0. The van der Waals surface area contributed by atoms with Crippen LogP contribution in [0.15, 0.2) is 24.3 Å². The molecule has 1 heterocycles. The summed E-state index contributed by atoms with van der Waals surface area (Å²) in [5, 5.41) is 8.80. The number of ether oxygens (including phenoxy) is 2. The molecular weight excluding hydrogens is 264 g/mol. The van der Waals surface area contributed by atoms with E-state index in [1.54, 1.807) is 0 Å². The fourth-order valence-corrected chi connectivity index (χ4v) is 3.41. The third kappa shape index (κ3) is 3.40. The van der Waals surface area contributed by atoms with Crippen molar-refractivity contribution in [1.82, 2.24) is 0 Å². The molecule has 3 heteroatoms. The van der Waals surface area contributed by atoms with Gasteiger partial charge in [-0.1, -0.05) is 36.8 Å². The lowest BCUT2D eigenvalue weighted by atomic mass is 9.98. The lowest BCUT2D eigenvalue weighted by Crippen LogP contribution is -2.27. The van der Waals surface area contributed by atoms with Crippen LogP contribution in [0.1, 0.15) is 44.1 Å². The van der Waals surface area contributed by atoms with E-state index in [2.05, 4.69) is 11.8 Å². The van der Waals surface area contributed by atoms with Crippen LogP contribution >= 0.6 is 0 Å². The van der Waals surface area contributed by atoms with Crippen molar-refractivity contribution < 1.29 is 14.6 Å². The van der Waals surface area contributed by atoms with E-state index in [4.69, 9.17) is 14.6 Å². The Hall–Kier alpha value is -1.50. The third-order valence-corrected chi connectivity index (χ3v) is 4.47. The highest BCUT2D eigenvalue weighted by Crippen LogP contribution is 2.43. The first kappa shape index (κ1) is 14.4. The summed E-state index contributed by atoms with van der Waals surface area (Å²) in [5.74, 6) is 6.36. The van der Waals surface area contributed by atoms with Gasteiger partial charge in [-0.3, -0.25) is 0 Å². The average Bonchev–Trinajstić information content (AvgIpc) is 3.14. The standard InChI is InChI=1S/C18H22O3/c19-13-5-7-15-6-1-2-8-17(15)20-14-16-9-12-18(21-16)10-3-4-11-18/h1-2,6,8,16,19H,3-4,9-14H2. The Bertz CT molecular complexity index is 535.